The largest absolute Gasteiger partial charge is 0.444 e. The molecule has 1 fully saturated rings. The maximum absolute atomic E-state index is 12.3. The van der Waals surface area contributed by atoms with Crippen molar-refractivity contribution in [2.75, 3.05) is 19.7 Å². The van der Waals surface area contributed by atoms with E-state index in [1.807, 2.05) is 58.0 Å². The summed E-state index contributed by atoms with van der Waals surface area (Å²) in [5.41, 5.74) is -0.802. The number of hydrogen-bond acceptors (Lipinski definition) is 4. The topological polar surface area (TPSA) is 59.0 Å². The normalized spacial score (nSPS) is 25.3. The maximum atomic E-state index is 12.3. The summed E-state index contributed by atoms with van der Waals surface area (Å²) in [6.45, 7) is 8.64. The summed E-state index contributed by atoms with van der Waals surface area (Å²) in [6.07, 6.45) is -0.422. The summed E-state index contributed by atoms with van der Waals surface area (Å²) < 4.78 is 11.2. The van der Waals surface area contributed by atoms with Gasteiger partial charge in [0.2, 0.25) is 0 Å². The van der Waals surface area contributed by atoms with E-state index in [1.54, 1.807) is 4.90 Å². The molecule has 0 bridgehead atoms. The molecule has 1 aliphatic heterocycles. The molecule has 0 saturated carbocycles. The number of hydrogen-bond donors (Lipinski definition) is 1. The molecule has 1 heterocycles. The number of benzene rings is 1. The molecule has 1 aromatic rings. The molecule has 5 nitrogen and oxygen atoms in total. The molecule has 0 unspecified atom stereocenters. The van der Waals surface area contributed by atoms with Gasteiger partial charge in [0.15, 0.2) is 0 Å². The van der Waals surface area contributed by atoms with E-state index in [1.165, 1.54) is 0 Å². The van der Waals surface area contributed by atoms with Crippen LogP contribution in [0.2, 0.25) is 0 Å². The van der Waals surface area contributed by atoms with E-state index in [2.05, 4.69) is 0 Å². The van der Waals surface area contributed by atoms with Crippen molar-refractivity contribution >= 4 is 6.09 Å². The number of amides is 1. The lowest BCUT2D eigenvalue weighted by Crippen LogP contribution is -2.56. The average molecular weight is 321 g/mol. The van der Waals surface area contributed by atoms with Gasteiger partial charge in [0, 0.05) is 19.6 Å². The lowest BCUT2D eigenvalue weighted by atomic mass is 9.82. The summed E-state index contributed by atoms with van der Waals surface area (Å²) in [7, 11) is 0. The molecule has 1 aliphatic rings. The predicted octanol–water partition coefficient (Wildman–Crippen LogP) is 2.92. The molecule has 5 heteroatoms. The summed E-state index contributed by atoms with van der Waals surface area (Å²) in [4.78, 5) is 13.9. The van der Waals surface area contributed by atoms with E-state index in [-0.39, 0.29) is 6.09 Å². The van der Waals surface area contributed by atoms with Crippen LogP contribution in [-0.4, -0.2) is 47.5 Å². The van der Waals surface area contributed by atoms with Crippen LogP contribution in [0.3, 0.4) is 0 Å². The predicted molar refractivity (Wildman–Crippen MR) is 88.2 cm³/mol. The van der Waals surface area contributed by atoms with Crippen LogP contribution in [0, 0.1) is 0 Å². The van der Waals surface area contributed by atoms with E-state index in [0.29, 0.717) is 26.1 Å². The molecule has 2 rings (SSSR count). The fraction of sp³-hybridized carbons (Fsp3) is 0.611. The zero-order valence-corrected chi connectivity index (χ0v) is 14.4. The Morgan fingerprint density at radius 1 is 1.35 bits per heavy atom. The Balaban J connectivity index is 2.16. The highest BCUT2D eigenvalue weighted by Gasteiger charge is 2.45. The van der Waals surface area contributed by atoms with Gasteiger partial charge < -0.3 is 19.5 Å². The van der Waals surface area contributed by atoms with Crippen LogP contribution in [0.1, 0.15) is 39.7 Å². The van der Waals surface area contributed by atoms with Crippen molar-refractivity contribution in [2.24, 2.45) is 0 Å². The molecule has 0 aliphatic carbocycles. The molecule has 2 atom stereocenters. The van der Waals surface area contributed by atoms with Gasteiger partial charge in [-0.25, -0.2) is 4.79 Å². The third-order valence-corrected chi connectivity index (χ3v) is 3.97. The summed E-state index contributed by atoms with van der Waals surface area (Å²) in [6, 6.07) is 9.51. The lowest BCUT2D eigenvalue weighted by Gasteiger charge is -2.44. The Morgan fingerprint density at radius 2 is 2.00 bits per heavy atom. The molecule has 128 valence electrons. The van der Waals surface area contributed by atoms with Crippen molar-refractivity contribution in [2.45, 2.75) is 51.4 Å². The van der Waals surface area contributed by atoms with E-state index >= 15 is 0 Å². The van der Waals surface area contributed by atoms with Crippen molar-refractivity contribution in [1.29, 1.82) is 0 Å². The number of likely N-dealkylation sites (tertiary alicyclic amines) is 1. The highest BCUT2D eigenvalue weighted by molar-refractivity contribution is 5.68. The van der Waals surface area contributed by atoms with Crippen LogP contribution in [0.5, 0.6) is 0 Å². The third kappa shape index (κ3) is 4.24. The number of ether oxygens (including phenoxy) is 2. The van der Waals surface area contributed by atoms with Crippen LogP contribution < -0.4 is 0 Å². The van der Waals surface area contributed by atoms with Gasteiger partial charge in [-0.15, -0.1) is 0 Å². The third-order valence-electron chi connectivity index (χ3n) is 3.97. The van der Waals surface area contributed by atoms with E-state index < -0.39 is 17.3 Å². The van der Waals surface area contributed by atoms with Gasteiger partial charge in [-0.1, -0.05) is 30.3 Å². The molecule has 1 aromatic carbocycles. The number of piperidine rings is 1. The summed E-state index contributed by atoms with van der Waals surface area (Å²) in [5.74, 6) is 0. The first kappa shape index (κ1) is 17.8. The smallest absolute Gasteiger partial charge is 0.410 e. The summed E-state index contributed by atoms with van der Waals surface area (Å²) in [5, 5.41) is 11.2. The zero-order valence-electron chi connectivity index (χ0n) is 14.4. The first-order valence-electron chi connectivity index (χ1n) is 8.13. The zero-order chi connectivity index (χ0) is 17.1. The monoisotopic (exact) mass is 321 g/mol. The highest BCUT2D eigenvalue weighted by atomic mass is 16.6. The standard InChI is InChI=1S/C18H27NO4/c1-5-22-15-13-19(16(20)23-17(2,3)4)12-11-18(15,21)14-9-7-6-8-10-14/h6-10,15,21H,5,11-13H2,1-4H3/t15-,18-/m0/s1. The van der Waals surface area contributed by atoms with Gasteiger partial charge in [-0.05, 0) is 33.3 Å². The van der Waals surface area contributed by atoms with Crippen LogP contribution in [-0.2, 0) is 15.1 Å². The van der Waals surface area contributed by atoms with Crippen LogP contribution in [0.25, 0.3) is 0 Å². The van der Waals surface area contributed by atoms with Crippen LogP contribution in [0.4, 0.5) is 4.79 Å². The number of nitrogens with zero attached hydrogens (tertiary/aromatic N) is 1. The molecule has 0 radical (unpaired) electrons. The molecular weight excluding hydrogens is 294 g/mol. The van der Waals surface area contributed by atoms with Gasteiger partial charge in [0.1, 0.15) is 17.3 Å². The van der Waals surface area contributed by atoms with Crippen molar-refractivity contribution in [3.8, 4) is 0 Å². The first-order valence-corrected chi connectivity index (χ1v) is 8.13. The Kier molecular flexibility index (Phi) is 5.32. The van der Waals surface area contributed by atoms with Crippen molar-refractivity contribution < 1.29 is 19.4 Å². The Labute approximate surface area is 138 Å². The van der Waals surface area contributed by atoms with Crippen molar-refractivity contribution in [3.63, 3.8) is 0 Å². The number of carbonyl (C=O) groups excluding carboxylic acids is 1. The minimum Gasteiger partial charge on any atom is -0.444 e. The number of carbonyl (C=O) groups is 1. The SMILES string of the molecule is CCO[C@H]1CN(C(=O)OC(C)(C)C)CC[C@]1(O)c1ccccc1. The second kappa shape index (κ2) is 6.89. The molecule has 1 N–H and O–H groups in total. The molecule has 1 saturated heterocycles. The number of rotatable bonds is 3. The minimum atomic E-state index is -1.09. The average Bonchev–Trinajstić information content (AvgIpc) is 2.49. The van der Waals surface area contributed by atoms with Gasteiger partial charge in [0.25, 0.3) is 0 Å². The fourth-order valence-electron chi connectivity index (χ4n) is 2.85. The molecule has 0 spiro atoms. The van der Waals surface area contributed by atoms with Crippen LogP contribution in [0.15, 0.2) is 30.3 Å². The van der Waals surface area contributed by atoms with Crippen molar-refractivity contribution in [3.05, 3.63) is 35.9 Å². The minimum absolute atomic E-state index is 0.314. The Morgan fingerprint density at radius 3 is 2.57 bits per heavy atom. The van der Waals surface area contributed by atoms with Gasteiger partial charge in [-0.3, -0.25) is 0 Å². The number of aliphatic hydroxyl groups is 1. The van der Waals surface area contributed by atoms with E-state index in [0.717, 1.165) is 5.56 Å². The Bertz CT molecular complexity index is 526. The van der Waals surface area contributed by atoms with Gasteiger partial charge in [-0.2, -0.15) is 0 Å². The highest BCUT2D eigenvalue weighted by Crippen LogP contribution is 2.35. The van der Waals surface area contributed by atoms with E-state index in [9.17, 15) is 9.90 Å². The fourth-order valence-corrected chi connectivity index (χ4v) is 2.85. The molecule has 1 amide bonds. The Hall–Kier alpha value is -1.59. The quantitative estimate of drug-likeness (QED) is 0.930. The first-order chi connectivity index (χ1) is 10.8. The second-order valence-corrected chi connectivity index (χ2v) is 6.91. The second-order valence-electron chi connectivity index (χ2n) is 6.91. The van der Waals surface area contributed by atoms with Gasteiger partial charge >= 0.3 is 6.09 Å². The molecule has 0 aromatic heterocycles. The van der Waals surface area contributed by atoms with E-state index in [4.69, 9.17) is 9.47 Å². The molecular formula is C18H27NO4. The van der Waals surface area contributed by atoms with Gasteiger partial charge in [0.05, 0.1) is 6.54 Å². The van der Waals surface area contributed by atoms with Crippen molar-refractivity contribution in [1.82, 2.24) is 4.90 Å². The summed E-state index contributed by atoms with van der Waals surface area (Å²) >= 11 is 0. The molecule has 23 heavy (non-hydrogen) atoms. The van der Waals surface area contributed by atoms with Crippen LogP contribution >= 0.6 is 0 Å². The lowest BCUT2D eigenvalue weighted by molar-refractivity contribution is -0.147. The maximum Gasteiger partial charge on any atom is 0.410 e.